The normalized spacial score (nSPS) is 10.8. The van der Waals surface area contributed by atoms with Crippen LogP contribution in [-0.2, 0) is 11.3 Å². The molecule has 0 aliphatic heterocycles. The summed E-state index contributed by atoms with van der Waals surface area (Å²) in [7, 11) is 1.70. The Labute approximate surface area is 88.8 Å². The Kier molecular flexibility index (Phi) is 4.28. The van der Waals surface area contributed by atoms with Crippen LogP contribution in [0, 0.1) is 6.92 Å². The molecule has 5 heteroatoms. The summed E-state index contributed by atoms with van der Waals surface area (Å²) in [6, 6.07) is 0. The highest BCUT2D eigenvalue weighted by Crippen LogP contribution is 2.27. The van der Waals surface area contributed by atoms with Crippen LogP contribution >= 0.6 is 11.8 Å². The fraction of sp³-hybridized carbons (Fsp3) is 0.667. The summed E-state index contributed by atoms with van der Waals surface area (Å²) < 4.78 is 6.93. The number of nitrogens with zero attached hydrogens (tertiary/aromatic N) is 2. The molecule has 0 spiro atoms. The van der Waals surface area contributed by atoms with Crippen molar-refractivity contribution in [2.75, 3.05) is 25.2 Å². The average molecular weight is 215 g/mol. The van der Waals surface area contributed by atoms with E-state index in [-0.39, 0.29) is 0 Å². The van der Waals surface area contributed by atoms with Gasteiger partial charge in [0, 0.05) is 19.4 Å². The number of anilines is 1. The van der Waals surface area contributed by atoms with Gasteiger partial charge < -0.3 is 10.5 Å². The van der Waals surface area contributed by atoms with Gasteiger partial charge in [-0.2, -0.15) is 5.10 Å². The molecule has 0 aliphatic rings. The van der Waals surface area contributed by atoms with Crippen molar-refractivity contribution in [1.82, 2.24) is 9.78 Å². The van der Waals surface area contributed by atoms with Crippen LogP contribution in [0.1, 0.15) is 12.6 Å². The summed E-state index contributed by atoms with van der Waals surface area (Å²) >= 11 is 1.69. The molecule has 0 atom stereocenters. The molecule has 1 heterocycles. The molecule has 1 aromatic heterocycles. The maximum atomic E-state index is 5.92. The Morgan fingerprint density at radius 3 is 2.86 bits per heavy atom. The van der Waals surface area contributed by atoms with E-state index in [0.29, 0.717) is 0 Å². The molecule has 0 amide bonds. The van der Waals surface area contributed by atoms with Gasteiger partial charge in [0.2, 0.25) is 0 Å². The number of nitrogens with two attached hydrogens (primary N) is 1. The van der Waals surface area contributed by atoms with E-state index in [0.717, 1.165) is 35.3 Å². The van der Waals surface area contributed by atoms with E-state index in [4.69, 9.17) is 10.5 Å². The maximum Gasteiger partial charge on any atom is 0.117 e. The number of hydrogen-bond acceptors (Lipinski definition) is 4. The van der Waals surface area contributed by atoms with Crippen molar-refractivity contribution >= 4 is 17.4 Å². The molecule has 0 radical (unpaired) electrons. The molecule has 2 N–H and O–H groups in total. The lowest BCUT2D eigenvalue weighted by atomic mass is 10.4. The molecule has 14 heavy (non-hydrogen) atoms. The van der Waals surface area contributed by atoms with Gasteiger partial charge in [-0.3, -0.25) is 4.68 Å². The lowest BCUT2D eigenvalue weighted by Gasteiger charge is -2.04. The average Bonchev–Trinajstić information content (AvgIpc) is 2.45. The van der Waals surface area contributed by atoms with Crippen LogP contribution in [0.5, 0.6) is 0 Å². The van der Waals surface area contributed by atoms with E-state index in [9.17, 15) is 0 Å². The number of ether oxygens (including phenoxy) is 1. The molecule has 4 nitrogen and oxygen atoms in total. The Morgan fingerprint density at radius 2 is 2.29 bits per heavy atom. The summed E-state index contributed by atoms with van der Waals surface area (Å²) in [6.45, 7) is 5.58. The zero-order valence-corrected chi connectivity index (χ0v) is 9.73. The summed E-state index contributed by atoms with van der Waals surface area (Å²) in [5.41, 5.74) is 7.62. The van der Waals surface area contributed by atoms with Crippen molar-refractivity contribution < 1.29 is 4.74 Å². The summed E-state index contributed by atoms with van der Waals surface area (Å²) in [6.07, 6.45) is 0. The van der Waals surface area contributed by atoms with Crippen molar-refractivity contribution in [2.45, 2.75) is 25.4 Å². The molecule has 0 fully saturated rings. The first-order chi connectivity index (χ1) is 6.70. The van der Waals surface area contributed by atoms with Gasteiger partial charge in [-0.1, -0.05) is 0 Å². The molecule has 0 unspecified atom stereocenters. The number of aryl methyl sites for hydroxylation is 2. The summed E-state index contributed by atoms with van der Waals surface area (Å²) in [4.78, 5) is 0. The van der Waals surface area contributed by atoms with E-state index in [1.54, 1.807) is 18.9 Å². The Morgan fingerprint density at radius 1 is 1.57 bits per heavy atom. The second-order valence-corrected chi connectivity index (χ2v) is 4.04. The van der Waals surface area contributed by atoms with Gasteiger partial charge in [0.15, 0.2) is 0 Å². The zero-order valence-electron chi connectivity index (χ0n) is 8.91. The minimum atomic E-state index is 0.734. The van der Waals surface area contributed by atoms with Gasteiger partial charge in [-0.15, -0.1) is 11.8 Å². The van der Waals surface area contributed by atoms with Gasteiger partial charge in [0.25, 0.3) is 0 Å². The first-order valence-corrected chi connectivity index (χ1v) is 5.63. The molecule has 0 aromatic carbocycles. The summed E-state index contributed by atoms with van der Waals surface area (Å²) in [5.74, 6) is 0.909. The van der Waals surface area contributed by atoms with Crippen LogP contribution in [0.3, 0.4) is 0 Å². The van der Waals surface area contributed by atoms with Crippen molar-refractivity contribution in [3.05, 3.63) is 5.69 Å². The van der Waals surface area contributed by atoms with Gasteiger partial charge in [0.1, 0.15) is 5.03 Å². The highest BCUT2D eigenvalue weighted by Gasteiger charge is 2.11. The molecule has 80 valence electrons. The van der Waals surface area contributed by atoms with Gasteiger partial charge >= 0.3 is 0 Å². The highest BCUT2D eigenvalue weighted by atomic mass is 32.2. The standard InChI is InChI=1S/C9H17N3OS/c1-4-12-9(14-6-5-13-3)8(10)7(2)11-12/h4-6,10H2,1-3H3. The van der Waals surface area contributed by atoms with Crippen LogP contribution in [-0.4, -0.2) is 29.3 Å². The van der Waals surface area contributed by atoms with Crippen molar-refractivity contribution in [1.29, 1.82) is 0 Å². The number of rotatable bonds is 5. The van der Waals surface area contributed by atoms with Crippen molar-refractivity contribution in [3.63, 3.8) is 0 Å². The van der Waals surface area contributed by atoms with Crippen LogP contribution < -0.4 is 5.73 Å². The number of thioether (sulfide) groups is 1. The third-order valence-electron chi connectivity index (χ3n) is 1.95. The van der Waals surface area contributed by atoms with Gasteiger partial charge in [0.05, 0.1) is 18.0 Å². The fourth-order valence-corrected chi connectivity index (χ4v) is 2.23. The highest BCUT2D eigenvalue weighted by molar-refractivity contribution is 7.99. The molecule has 0 aliphatic carbocycles. The van der Waals surface area contributed by atoms with E-state index in [2.05, 4.69) is 12.0 Å². The quantitative estimate of drug-likeness (QED) is 0.598. The minimum Gasteiger partial charge on any atom is -0.395 e. The molecule has 1 rings (SSSR count). The number of nitrogen functional groups attached to an aromatic ring is 1. The SMILES string of the molecule is CCn1nc(C)c(N)c1SCCOC. The van der Waals surface area contributed by atoms with Crippen LogP contribution in [0.4, 0.5) is 5.69 Å². The number of methoxy groups -OCH3 is 1. The molecule has 0 saturated heterocycles. The zero-order chi connectivity index (χ0) is 10.6. The second kappa shape index (κ2) is 5.26. The monoisotopic (exact) mass is 215 g/mol. The van der Waals surface area contributed by atoms with Gasteiger partial charge in [-0.25, -0.2) is 0 Å². The Balaban J connectivity index is 2.72. The minimum absolute atomic E-state index is 0.734. The summed E-state index contributed by atoms with van der Waals surface area (Å²) in [5, 5.41) is 5.39. The second-order valence-electron chi connectivity index (χ2n) is 2.96. The molecule has 1 aromatic rings. The molecular weight excluding hydrogens is 198 g/mol. The van der Waals surface area contributed by atoms with Crippen molar-refractivity contribution in [2.24, 2.45) is 0 Å². The third kappa shape index (κ3) is 2.42. The number of aromatic nitrogens is 2. The van der Waals surface area contributed by atoms with Crippen LogP contribution in [0.15, 0.2) is 5.03 Å². The van der Waals surface area contributed by atoms with Crippen LogP contribution in [0.25, 0.3) is 0 Å². The van der Waals surface area contributed by atoms with E-state index in [1.807, 2.05) is 11.6 Å². The first kappa shape index (κ1) is 11.4. The fourth-order valence-electron chi connectivity index (χ4n) is 1.16. The lowest BCUT2D eigenvalue weighted by Crippen LogP contribution is -2.01. The molecular formula is C9H17N3OS. The third-order valence-corrected chi connectivity index (χ3v) is 3.03. The van der Waals surface area contributed by atoms with Crippen molar-refractivity contribution in [3.8, 4) is 0 Å². The Hall–Kier alpha value is -0.680. The largest absolute Gasteiger partial charge is 0.395 e. The smallest absolute Gasteiger partial charge is 0.117 e. The maximum absolute atomic E-state index is 5.92. The Bertz CT molecular complexity index is 298. The predicted molar refractivity (Wildman–Crippen MR) is 59.7 cm³/mol. The van der Waals surface area contributed by atoms with Gasteiger partial charge in [-0.05, 0) is 13.8 Å². The molecule has 0 bridgehead atoms. The van der Waals surface area contributed by atoms with E-state index >= 15 is 0 Å². The topological polar surface area (TPSA) is 53.1 Å². The van der Waals surface area contributed by atoms with E-state index in [1.165, 1.54) is 0 Å². The van der Waals surface area contributed by atoms with E-state index < -0.39 is 0 Å². The lowest BCUT2D eigenvalue weighted by molar-refractivity contribution is 0.218. The molecule has 0 saturated carbocycles. The predicted octanol–water partition coefficient (Wildman–Crippen LogP) is 1.53. The number of hydrogen-bond donors (Lipinski definition) is 1. The van der Waals surface area contributed by atoms with Crippen LogP contribution in [0.2, 0.25) is 0 Å². The first-order valence-electron chi connectivity index (χ1n) is 4.65.